The summed E-state index contributed by atoms with van der Waals surface area (Å²) >= 11 is 0. The smallest absolute Gasteiger partial charge is 0.408 e. The fourth-order valence-corrected chi connectivity index (χ4v) is 3.92. The number of aromatic hydroxyl groups is 1. The van der Waals surface area contributed by atoms with E-state index in [0.29, 0.717) is 18.5 Å². The first-order valence-corrected chi connectivity index (χ1v) is 13.5. The molecule has 0 heterocycles. The van der Waals surface area contributed by atoms with Gasteiger partial charge in [-0.25, -0.2) is 4.79 Å². The molecular weight excluding hydrogens is 488 g/mol. The van der Waals surface area contributed by atoms with Crippen molar-refractivity contribution in [2.24, 2.45) is 5.73 Å². The molecule has 0 bridgehead atoms. The molecule has 0 aliphatic heterocycles. The third kappa shape index (κ3) is 12.3. The molecule has 0 fully saturated rings. The molecule has 0 saturated carbocycles. The number of ether oxygens (including phenoxy) is 1. The van der Waals surface area contributed by atoms with Crippen molar-refractivity contribution >= 4 is 23.8 Å². The second-order valence-corrected chi connectivity index (χ2v) is 10.5. The van der Waals surface area contributed by atoms with Crippen molar-refractivity contribution in [1.29, 1.82) is 0 Å². The van der Waals surface area contributed by atoms with Crippen LogP contribution in [0.1, 0.15) is 97.6 Å². The fraction of sp³-hybridized carbons (Fsp3) is 0.643. The van der Waals surface area contributed by atoms with Gasteiger partial charge in [0.25, 0.3) is 0 Å². The minimum Gasteiger partial charge on any atom is -0.508 e. The van der Waals surface area contributed by atoms with Gasteiger partial charge in [0.1, 0.15) is 23.4 Å². The van der Waals surface area contributed by atoms with E-state index in [9.17, 15) is 24.3 Å². The first kappa shape index (κ1) is 32.7. The quantitative estimate of drug-likeness (QED) is 0.236. The molecule has 1 aromatic rings. The molecular formula is C28H46N4O6. The van der Waals surface area contributed by atoms with Crippen LogP contribution >= 0.6 is 0 Å². The zero-order chi connectivity index (χ0) is 28.7. The highest BCUT2D eigenvalue weighted by atomic mass is 16.6. The van der Waals surface area contributed by atoms with Crippen molar-refractivity contribution in [3.63, 3.8) is 0 Å². The van der Waals surface area contributed by atoms with Crippen LogP contribution in [0.25, 0.3) is 0 Å². The summed E-state index contributed by atoms with van der Waals surface area (Å²) in [6.07, 6.45) is 4.88. The summed E-state index contributed by atoms with van der Waals surface area (Å²) < 4.78 is 5.30. The molecule has 2 atom stereocenters. The maximum Gasteiger partial charge on any atom is 0.408 e. The van der Waals surface area contributed by atoms with Crippen molar-refractivity contribution in [3.8, 4) is 5.75 Å². The van der Waals surface area contributed by atoms with Crippen molar-refractivity contribution < 1.29 is 29.0 Å². The molecule has 10 nitrogen and oxygen atoms in total. The van der Waals surface area contributed by atoms with Crippen LogP contribution in [-0.2, 0) is 19.1 Å². The molecule has 0 aliphatic rings. The average Bonchev–Trinajstić information content (AvgIpc) is 2.82. The number of nitrogens with one attached hydrogen (secondary N) is 2. The Morgan fingerprint density at radius 3 is 2.13 bits per heavy atom. The Bertz CT molecular complexity index is 898. The Labute approximate surface area is 226 Å². The number of hydrogen-bond donors (Lipinski definition) is 4. The highest BCUT2D eigenvalue weighted by Gasteiger charge is 2.36. The number of carbonyl (C=O) groups is 4. The molecule has 38 heavy (non-hydrogen) atoms. The van der Waals surface area contributed by atoms with E-state index >= 15 is 0 Å². The second kappa shape index (κ2) is 16.5. The largest absolute Gasteiger partial charge is 0.508 e. The van der Waals surface area contributed by atoms with Crippen LogP contribution in [0.3, 0.4) is 0 Å². The van der Waals surface area contributed by atoms with Crippen LogP contribution in [0.15, 0.2) is 24.3 Å². The Kier molecular flexibility index (Phi) is 14.2. The summed E-state index contributed by atoms with van der Waals surface area (Å²) in [5.74, 6) is -1.76. The van der Waals surface area contributed by atoms with Gasteiger partial charge in [-0.15, -0.1) is 0 Å². The third-order valence-corrected chi connectivity index (χ3v) is 5.78. The van der Waals surface area contributed by atoms with Crippen LogP contribution in [-0.4, -0.2) is 58.6 Å². The van der Waals surface area contributed by atoms with Crippen LogP contribution < -0.4 is 16.4 Å². The van der Waals surface area contributed by atoms with Gasteiger partial charge in [-0.05, 0) is 51.3 Å². The van der Waals surface area contributed by atoms with Crippen LogP contribution in [0.5, 0.6) is 5.75 Å². The van der Waals surface area contributed by atoms with Crippen LogP contribution in [0.4, 0.5) is 4.79 Å². The van der Waals surface area contributed by atoms with Gasteiger partial charge in [-0.3, -0.25) is 14.4 Å². The third-order valence-electron chi connectivity index (χ3n) is 5.78. The number of benzene rings is 1. The zero-order valence-corrected chi connectivity index (χ0v) is 23.5. The predicted molar refractivity (Wildman–Crippen MR) is 146 cm³/mol. The lowest BCUT2D eigenvalue weighted by atomic mass is 10.0. The lowest BCUT2D eigenvalue weighted by Crippen LogP contribution is -2.54. The minimum atomic E-state index is -1.32. The molecule has 4 amide bonds. The number of phenolic OH excluding ortho intramolecular Hbond substituents is 1. The molecule has 1 rings (SSSR count). The molecule has 0 saturated heterocycles. The highest BCUT2D eigenvalue weighted by molar-refractivity contribution is 5.94. The van der Waals surface area contributed by atoms with Crippen molar-refractivity contribution in [2.75, 3.05) is 13.1 Å². The topological polar surface area (TPSA) is 151 Å². The number of rotatable bonds is 16. The Balaban J connectivity index is 3.42. The first-order valence-electron chi connectivity index (χ1n) is 13.5. The number of unbranched alkanes of at least 4 members (excludes halogenated alkanes) is 5. The number of amides is 4. The summed E-state index contributed by atoms with van der Waals surface area (Å²) in [7, 11) is 0. The monoisotopic (exact) mass is 534 g/mol. The molecule has 2 unspecified atom stereocenters. The van der Waals surface area contributed by atoms with E-state index in [0.717, 1.165) is 38.5 Å². The Hall–Kier alpha value is -3.30. The van der Waals surface area contributed by atoms with E-state index in [1.54, 1.807) is 32.9 Å². The molecule has 214 valence electrons. The number of primary amides is 1. The number of carbonyl (C=O) groups excluding carboxylic acids is 4. The first-order chi connectivity index (χ1) is 17.9. The molecule has 5 N–H and O–H groups in total. The molecule has 0 spiro atoms. The van der Waals surface area contributed by atoms with Gasteiger partial charge in [0.05, 0.1) is 6.42 Å². The molecule has 0 aliphatic carbocycles. The van der Waals surface area contributed by atoms with Gasteiger partial charge in [-0.1, -0.05) is 58.1 Å². The lowest BCUT2D eigenvalue weighted by molar-refractivity contribution is -0.143. The van der Waals surface area contributed by atoms with E-state index in [1.165, 1.54) is 17.0 Å². The van der Waals surface area contributed by atoms with Gasteiger partial charge in [0, 0.05) is 13.1 Å². The van der Waals surface area contributed by atoms with Gasteiger partial charge < -0.3 is 31.1 Å². The van der Waals surface area contributed by atoms with Crippen molar-refractivity contribution in [2.45, 2.75) is 104 Å². The maximum atomic E-state index is 13.9. The van der Waals surface area contributed by atoms with E-state index in [1.807, 2.05) is 6.92 Å². The maximum absolute atomic E-state index is 13.9. The fourth-order valence-electron chi connectivity index (χ4n) is 3.92. The van der Waals surface area contributed by atoms with E-state index in [-0.39, 0.29) is 18.2 Å². The minimum absolute atomic E-state index is 0.0227. The summed E-state index contributed by atoms with van der Waals surface area (Å²) in [6, 6.07) is 3.71. The van der Waals surface area contributed by atoms with E-state index in [4.69, 9.17) is 10.5 Å². The number of nitrogens with zero attached hydrogens (tertiary/aromatic N) is 1. The summed E-state index contributed by atoms with van der Waals surface area (Å²) in [6.45, 7) is 9.81. The van der Waals surface area contributed by atoms with E-state index < -0.39 is 42.0 Å². The summed E-state index contributed by atoms with van der Waals surface area (Å²) in [5, 5.41) is 15.2. The van der Waals surface area contributed by atoms with Gasteiger partial charge >= 0.3 is 6.09 Å². The molecule has 10 heteroatoms. The predicted octanol–water partition coefficient (Wildman–Crippen LogP) is 3.92. The SMILES string of the molecule is CCCCCCCN(C(=O)C(CC(N)=O)NC(=O)OC(C)(C)C)C(C(=O)NCCCC)c1ccc(O)cc1. The zero-order valence-electron chi connectivity index (χ0n) is 23.5. The second-order valence-electron chi connectivity index (χ2n) is 10.5. The Morgan fingerprint density at radius 2 is 1.58 bits per heavy atom. The van der Waals surface area contributed by atoms with Gasteiger partial charge in [0.15, 0.2) is 0 Å². The number of hydrogen-bond acceptors (Lipinski definition) is 6. The standard InChI is InChI=1S/C28H46N4O6/c1-6-8-10-11-12-18-32(26(36)22(19-23(29)34)31-27(37)38-28(3,4)5)24(25(35)30-17-9-7-2)20-13-15-21(33)16-14-20/h13-16,22,24,33H,6-12,17-19H2,1-5H3,(H2,29,34)(H,30,35)(H,31,37). The number of nitrogens with two attached hydrogens (primary N) is 1. The van der Waals surface area contributed by atoms with Gasteiger partial charge in [0.2, 0.25) is 17.7 Å². The van der Waals surface area contributed by atoms with E-state index in [2.05, 4.69) is 17.6 Å². The van der Waals surface area contributed by atoms with Crippen molar-refractivity contribution in [3.05, 3.63) is 29.8 Å². The summed E-state index contributed by atoms with van der Waals surface area (Å²) in [4.78, 5) is 53.2. The lowest BCUT2D eigenvalue weighted by Gasteiger charge is -2.34. The van der Waals surface area contributed by atoms with Crippen LogP contribution in [0, 0.1) is 0 Å². The molecule has 1 aromatic carbocycles. The molecule has 0 radical (unpaired) electrons. The highest BCUT2D eigenvalue weighted by Crippen LogP contribution is 2.26. The average molecular weight is 535 g/mol. The van der Waals surface area contributed by atoms with Gasteiger partial charge in [-0.2, -0.15) is 0 Å². The molecule has 0 aromatic heterocycles. The summed E-state index contributed by atoms with van der Waals surface area (Å²) in [5.41, 5.74) is 5.10. The Morgan fingerprint density at radius 1 is 0.974 bits per heavy atom. The van der Waals surface area contributed by atoms with Crippen molar-refractivity contribution in [1.82, 2.24) is 15.5 Å². The normalized spacial score (nSPS) is 12.8. The number of phenols is 1. The number of alkyl carbamates (subject to hydrolysis) is 1. The van der Waals surface area contributed by atoms with Crippen LogP contribution in [0.2, 0.25) is 0 Å².